The van der Waals surface area contributed by atoms with Gasteiger partial charge in [-0.3, -0.25) is 0 Å². The molecule has 3 aromatic rings. The van der Waals surface area contributed by atoms with Crippen LogP contribution in [0.5, 0.6) is 0 Å². The van der Waals surface area contributed by atoms with E-state index in [4.69, 9.17) is 14.7 Å². The Labute approximate surface area is 159 Å². The quantitative estimate of drug-likeness (QED) is 0.771. The summed E-state index contributed by atoms with van der Waals surface area (Å²) in [6, 6.07) is 18.2. The molecule has 0 aliphatic carbocycles. The van der Waals surface area contributed by atoms with Gasteiger partial charge in [0.15, 0.2) is 5.82 Å². The van der Waals surface area contributed by atoms with E-state index in [9.17, 15) is 5.11 Å². The molecule has 0 radical (unpaired) electrons. The highest BCUT2D eigenvalue weighted by atomic mass is 16.5. The van der Waals surface area contributed by atoms with Crippen LogP contribution in [-0.4, -0.2) is 41.4 Å². The predicted octanol–water partition coefficient (Wildman–Crippen LogP) is 3.45. The average Bonchev–Trinajstić information content (AvgIpc) is 2.74. The first-order chi connectivity index (χ1) is 13.2. The summed E-state index contributed by atoms with van der Waals surface area (Å²) in [5.41, 5.74) is 4.93. The third-order valence-electron chi connectivity index (χ3n) is 4.73. The molecule has 0 spiro atoms. The number of anilines is 1. The van der Waals surface area contributed by atoms with E-state index in [2.05, 4.69) is 36.1 Å². The van der Waals surface area contributed by atoms with Gasteiger partial charge in [0.1, 0.15) is 5.82 Å². The van der Waals surface area contributed by atoms with Crippen LogP contribution in [0.1, 0.15) is 11.1 Å². The Hall–Kier alpha value is -2.76. The van der Waals surface area contributed by atoms with E-state index in [0.717, 1.165) is 41.3 Å². The van der Waals surface area contributed by atoms with Crippen LogP contribution < -0.4 is 4.90 Å². The first-order valence-electron chi connectivity index (χ1n) is 9.22. The molecule has 0 saturated carbocycles. The fourth-order valence-corrected chi connectivity index (χ4v) is 3.28. The Kier molecular flexibility index (Phi) is 5.14. The summed E-state index contributed by atoms with van der Waals surface area (Å²) < 4.78 is 5.48. The molecule has 5 heteroatoms. The van der Waals surface area contributed by atoms with Gasteiger partial charge in [-0.1, -0.05) is 42.0 Å². The van der Waals surface area contributed by atoms with Gasteiger partial charge >= 0.3 is 0 Å². The van der Waals surface area contributed by atoms with Gasteiger partial charge in [0.05, 0.1) is 25.5 Å². The van der Waals surface area contributed by atoms with Crippen molar-refractivity contribution >= 4 is 5.82 Å². The molecule has 1 aromatic heterocycles. The summed E-state index contributed by atoms with van der Waals surface area (Å²) in [5.74, 6) is 1.58. The van der Waals surface area contributed by atoms with Gasteiger partial charge in [-0.05, 0) is 24.6 Å². The number of aryl methyl sites for hydroxylation is 1. The summed E-state index contributed by atoms with van der Waals surface area (Å²) in [7, 11) is 0. The van der Waals surface area contributed by atoms with Crippen molar-refractivity contribution in [2.45, 2.75) is 13.5 Å². The minimum atomic E-state index is 0.00172. The molecule has 138 valence electrons. The molecule has 1 aliphatic heterocycles. The summed E-state index contributed by atoms with van der Waals surface area (Å²) in [4.78, 5) is 11.9. The number of benzene rings is 2. The lowest BCUT2D eigenvalue weighted by Crippen LogP contribution is -2.36. The number of aromatic nitrogens is 2. The molecular formula is C22H23N3O2. The maximum atomic E-state index is 9.47. The van der Waals surface area contributed by atoms with Gasteiger partial charge in [-0.15, -0.1) is 0 Å². The second kappa shape index (κ2) is 7.86. The van der Waals surface area contributed by atoms with Gasteiger partial charge in [0.2, 0.25) is 0 Å². The minimum absolute atomic E-state index is 0.00172. The number of morpholine rings is 1. The number of ether oxygens (including phenoxy) is 1. The van der Waals surface area contributed by atoms with Gasteiger partial charge < -0.3 is 14.7 Å². The maximum Gasteiger partial charge on any atom is 0.162 e. The first kappa shape index (κ1) is 17.6. The number of rotatable bonds is 4. The zero-order valence-corrected chi connectivity index (χ0v) is 15.4. The van der Waals surface area contributed by atoms with Crippen LogP contribution in [0.2, 0.25) is 0 Å². The van der Waals surface area contributed by atoms with E-state index in [0.29, 0.717) is 19.0 Å². The van der Waals surface area contributed by atoms with Crippen molar-refractivity contribution in [3.8, 4) is 22.6 Å². The van der Waals surface area contributed by atoms with Crippen molar-refractivity contribution in [1.29, 1.82) is 0 Å². The monoisotopic (exact) mass is 361 g/mol. The number of hydrogen-bond acceptors (Lipinski definition) is 5. The zero-order chi connectivity index (χ0) is 18.6. The lowest BCUT2D eigenvalue weighted by atomic mass is 10.1. The van der Waals surface area contributed by atoms with Gasteiger partial charge in [0.25, 0.3) is 0 Å². The minimum Gasteiger partial charge on any atom is -0.392 e. The fourth-order valence-electron chi connectivity index (χ4n) is 3.28. The molecule has 27 heavy (non-hydrogen) atoms. The second-order valence-corrected chi connectivity index (χ2v) is 6.76. The SMILES string of the molecule is Cc1cccc(-c2cc(N3CCOCC3)nc(-c3cccc(CO)c3)n2)c1. The molecule has 0 bridgehead atoms. The van der Waals surface area contributed by atoms with Crippen LogP contribution in [0.15, 0.2) is 54.6 Å². The Morgan fingerprint density at radius 2 is 1.74 bits per heavy atom. The number of hydrogen-bond donors (Lipinski definition) is 1. The molecule has 2 aromatic carbocycles. The molecule has 0 unspecified atom stereocenters. The molecule has 5 nitrogen and oxygen atoms in total. The van der Waals surface area contributed by atoms with Crippen LogP contribution in [0.25, 0.3) is 22.6 Å². The van der Waals surface area contributed by atoms with E-state index in [1.807, 2.05) is 30.3 Å². The zero-order valence-electron chi connectivity index (χ0n) is 15.4. The van der Waals surface area contributed by atoms with E-state index in [1.165, 1.54) is 5.56 Å². The number of aliphatic hydroxyl groups is 1. The molecule has 1 fully saturated rings. The van der Waals surface area contributed by atoms with Gasteiger partial charge in [-0.25, -0.2) is 9.97 Å². The largest absolute Gasteiger partial charge is 0.392 e. The summed E-state index contributed by atoms with van der Waals surface area (Å²) >= 11 is 0. The average molecular weight is 361 g/mol. The number of aliphatic hydroxyl groups excluding tert-OH is 1. The predicted molar refractivity (Wildman–Crippen MR) is 107 cm³/mol. The van der Waals surface area contributed by atoms with E-state index in [1.54, 1.807) is 0 Å². The first-order valence-corrected chi connectivity index (χ1v) is 9.22. The lowest BCUT2D eigenvalue weighted by Gasteiger charge is -2.28. The Morgan fingerprint density at radius 1 is 0.963 bits per heavy atom. The van der Waals surface area contributed by atoms with Gasteiger partial charge in [-0.2, -0.15) is 0 Å². The van der Waals surface area contributed by atoms with Crippen molar-refractivity contribution in [3.05, 3.63) is 65.7 Å². The highest BCUT2D eigenvalue weighted by molar-refractivity contribution is 5.68. The van der Waals surface area contributed by atoms with Crippen LogP contribution in [0.3, 0.4) is 0 Å². The van der Waals surface area contributed by atoms with Crippen LogP contribution >= 0.6 is 0 Å². The summed E-state index contributed by atoms with van der Waals surface area (Å²) in [6.07, 6.45) is 0. The van der Waals surface area contributed by atoms with Crippen molar-refractivity contribution in [1.82, 2.24) is 9.97 Å². The highest BCUT2D eigenvalue weighted by Gasteiger charge is 2.16. The summed E-state index contributed by atoms with van der Waals surface area (Å²) in [5, 5.41) is 9.47. The molecule has 2 heterocycles. The Bertz CT molecular complexity index is 936. The topological polar surface area (TPSA) is 58.5 Å². The van der Waals surface area contributed by atoms with E-state index < -0.39 is 0 Å². The Balaban J connectivity index is 1.83. The van der Waals surface area contributed by atoms with Crippen LogP contribution in [-0.2, 0) is 11.3 Å². The van der Waals surface area contributed by atoms with Crippen molar-refractivity contribution in [3.63, 3.8) is 0 Å². The number of nitrogens with zero attached hydrogens (tertiary/aromatic N) is 3. The van der Waals surface area contributed by atoms with Crippen LogP contribution in [0.4, 0.5) is 5.82 Å². The maximum absolute atomic E-state index is 9.47. The molecule has 1 aliphatic rings. The highest BCUT2D eigenvalue weighted by Crippen LogP contribution is 2.27. The van der Waals surface area contributed by atoms with E-state index >= 15 is 0 Å². The molecule has 1 saturated heterocycles. The molecule has 0 atom stereocenters. The van der Waals surface area contributed by atoms with Crippen molar-refractivity contribution in [2.24, 2.45) is 0 Å². The second-order valence-electron chi connectivity index (χ2n) is 6.76. The summed E-state index contributed by atoms with van der Waals surface area (Å²) in [6.45, 7) is 5.14. The molecule has 0 amide bonds. The van der Waals surface area contributed by atoms with Crippen LogP contribution in [0, 0.1) is 6.92 Å². The third kappa shape index (κ3) is 3.99. The van der Waals surface area contributed by atoms with Gasteiger partial charge in [0, 0.05) is 30.3 Å². The third-order valence-corrected chi connectivity index (χ3v) is 4.73. The normalized spacial score (nSPS) is 14.4. The lowest BCUT2D eigenvalue weighted by molar-refractivity contribution is 0.122. The standard InChI is InChI=1S/C22H23N3O2/c1-16-4-2-6-18(12-16)20-14-21(25-8-10-27-11-9-25)24-22(23-20)19-7-3-5-17(13-19)15-26/h2-7,12-14,26H,8-11,15H2,1H3. The Morgan fingerprint density at radius 3 is 2.52 bits per heavy atom. The smallest absolute Gasteiger partial charge is 0.162 e. The van der Waals surface area contributed by atoms with Crippen molar-refractivity contribution in [2.75, 3.05) is 31.2 Å². The molecule has 1 N–H and O–H groups in total. The molecular weight excluding hydrogens is 338 g/mol. The van der Waals surface area contributed by atoms with Crippen molar-refractivity contribution < 1.29 is 9.84 Å². The fraction of sp³-hybridized carbons (Fsp3) is 0.273. The molecule has 4 rings (SSSR count). The van der Waals surface area contributed by atoms with E-state index in [-0.39, 0.29) is 6.61 Å².